The standard InChI is InChI=1S/2C14H17NO2.C10H17NO2.C9H8N2O2.7CH4/c2*1-17-14(16)13(11-7-3-2-4-8-11)12-9-5-6-10-15-12;1-10(2,3)13-9(12)11-7-5-4-6-8-11;1-13-9(12)8(11-10)7-5-3-2-4-6-7;;;;;;;/h2*2-5,7-9,12-13,15H,6,10H2,1H3;4-5H,6-8H2,1-3H3;2-6H,1H3;7*1H4/t2*12-,13-;;;;;;;;;/m10........./s1. The Morgan fingerprint density at radius 3 is 1.34 bits per heavy atom. The van der Waals surface area contributed by atoms with E-state index in [-0.39, 0.29) is 99.6 Å². The van der Waals surface area contributed by atoms with Crippen molar-refractivity contribution in [2.24, 2.45) is 0 Å². The van der Waals surface area contributed by atoms with Crippen molar-refractivity contribution in [2.45, 2.75) is 122 Å². The zero-order chi connectivity index (χ0) is 43.8. The van der Waals surface area contributed by atoms with Crippen LogP contribution in [-0.4, -0.2) is 105 Å². The van der Waals surface area contributed by atoms with Crippen LogP contribution in [0.3, 0.4) is 0 Å². The molecule has 3 heterocycles. The van der Waals surface area contributed by atoms with Gasteiger partial charge in [-0.3, -0.25) is 9.59 Å². The number of benzene rings is 3. The van der Waals surface area contributed by atoms with E-state index in [4.69, 9.17) is 19.7 Å². The maximum atomic E-state index is 11.9. The van der Waals surface area contributed by atoms with Crippen molar-refractivity contribution < 1.29 is 42.9 Å². The highest BCUT2D eigenvalue weighted by atomic mass is 16.6. The van der Waals surface area contributed by atoms with Gasteiger partial charge in [-0.25, -0.2) is 9.59 Å². The second-order valence-electron chi connectivity index (χ2n) is 14.7. The van der Waals surface area contributed by atoms with Gasteiger partial charge in [0.2, 0.25) is 0 Å². The molecule has 0 aliphatic carbocycles. The molecule has 0 unspecified atom stereocenters. The number of hydrogen-bond acceptors (Lipinski definition) is 10. The summed E-state index contributed by atoms with van der Waals surface area (Å²) in [6, 6.07) is 28.2. The lowest BCUT2D eigenvalue weighted by atomic mass is 9.90. The van der Waals surface area contributed by atoms with E-state index in [1.165, 1.54) is 21.3 Å². The summed E-state index contributed by atoms with van der Waals surface area (Å²) >= 11 is 0. The van der Waals surface area contributed by atoms with Crippen molar-refractivity contribution in [3.05, 3.63) is 150 Å². The van der Waals surface area contributed by atoms with Gasteiger partial charge < -0.3 is 40.0 Å². The minimum Gasteiger partial charge on any atom is -0.468 e. The largest absolute Gasteiger partial charge is 0.468 e. The second kappa shape index (κ2) is 38.0. The van der Waals surface area contributed by atoms with E-state index in [1.54, 1.807) is 35.2 Å². The number of esters is 3. The molecule has 13 heteroatoms. The van der Waals surface area contributed by atoms with Gasteiger partial charge in [-0.05, 0) is 76.4 Å². The Hall–Kier alpha value is -6.14. The van der Waals surface area contributed by atoms with Gasteiger partial charge in [0.05, 0.1) is 26.9 Å². The number of ether oxygens (including phenoxy) is 4. The van der Waals surface area contributed by atoms with Crippen LogP contribution in [-0.2, 0) is 33.3 Å². The average Bonchev–Trinajstić information content (AvgIpc) is 3.29. The van der Waals surface area contributed by atoms with Crippen LogP contribution in [0.5, 0.6) is 0 Å². The summed E-state index contributed by atoms with van der Waals surface area (Å²) in [4.78, 5) is 50.9. The van der Waals surface area contributed by atoms with E-state index in [0.717, 1.165) is 50.0 Å². The quantitative estimate of drug-likeness (QED) is 0.0554. The molecule has 0 saturated carbocycles. The molecule has 67 heavy (non-hydrogen) atoms. The predicted octanol–water partition coefficient (Wildman–Crippen LogP) is 11.2. The number of methoxy groups -OCH3 is 3. The number of hydrogen-bond donors (Lipinski definition) is 2. The van der Waals surface area contributed by atoms with Crippen LogP contribution < -0.4 is 10.6 Å². The lowest BCUT2D eigenvalue weighted by molar-refractivity contribution is -0.143. The average molecular weight is 934 g/mol. The molecule has 3 aromatic carbocycles. The first-order chi connectivity index (χ1) is 28.9. The molecule has 0 spiro atoms. The molecule has 4 atom stereocenters. The van der Waals surface area contributed by atoms with E-state index in [9.17, 15) is 19.2 Å². The van der Waals surface area contributed by atoms with Gasteiger partial charge in [-0.2, -0.15) is 4.79 Å². The lowest BCUT2D eigenvalue weighted by Gasteiger charge is -2.27. The van der Waals surface area contributed by atoms with E-state index >= 15 is 0 Å². The predicted molar refractivity (Wildman–Crippen MR) is 278 cm³/mol. The van der Waals surface area contributed by atoms with Crippen LogP contribution in [0.4, 0.5) is 4.79 Å². The van der Waals surface area contributed by atoms with Crippen molar-refractivity contribution in [3.8, 4) is 0 Å². The first-order valence-electron chi connectivity index (χ1n) is 20.0. The Morgan fingerprint density at radius 1 is 0.612 bits per heavy atom. The van der Waals surface area contributed by atoms with Gasteiger partial charge in [0.25, 0.3) is 0 Å². The Kier molecular flexibility index (Phi) is 39.7. The normalized spacial score (nSPS) is 15.6. The van der Waals surface area contributed by atoms with E-state index < -0.39 is 11.6 Å². The molecule has 0 saturated heterocycles. The first kappa shape index (κ1) is 69.9. The van der Waals surface area contributed by atoms with Crippen molar-refractivity contribution in [2.75, 3.05) is 47.5 Å². The Labute approximate surface area is 405 Å². The zero-order valence-corrected chi connectivity index (χ0v) is 35.5. The van der Waals surface area contributed by atoms with Crippen LogP contribution in [0.2, 0.25) is 0 Å². The molecule has 3 aliphatic rings. The number of nitrogens with one attached hydrogen (secondary N) is 2. The summed E-state index contributed by atoms with van der Waals surface area (Å²) in [5.41, 5.74) is 10.6. The van der Waals surface area contributed by atoms with Gasteiger partial charge in [-0.1, -0.05) is 167 Å². The second-order valence-corrected chi connectivity index (χ2v) is 14.7. The molecule has 0 radical (unpaired) electrons. The number of rotatable bonds is 8. The highest BCUT2D eigenvalue weighted by molar-refractivity contribution is 6.40. The van der Waals surface area contributed by atoms with Crippen LogP contribution in [0.25, 0.3) is 5.53 Å². The highest BCUT2D eigenvalue weighted by Crippen LogP contribution is 2.25. The molecule has 0 aromatic heterocycles. The molecule has 3 aromatic rings. The third kappa shape index (κ3) is 24.3. The van der Waals surface area contributed by atoms with Crippen molar-refractivity contribution in [1.82, 2.24) is 15.5 Å². The Morgan fingerprint density at radius 2 is 1.03 bits per heavy atom. The molecule has 2 N–H and O–H groups in total. The van der Waals surface area contributed by atoms with Gasteiger partial charge >= 0.3 is 29.7 Å². The fourth-order valence-corrected chi connectivity index (χ4v) is 6.34. The van der Waals surface area contributed by atoms with Crippen LogP contribution >= 0.6 is 0 Å². The molecular formula is C54H87N5O8. The monoisotopic (exact) mass is 934 g/mol. The number of carbonyl (C=O) groups excluding carboxylic acids is 4. The maximum absolute atomic E-state index is 11.9. The summed E-state index contributed by atoms with van der Waals surface area (Å²) in [5.74, 6) is -1.58. The minimum absolute atomic E-state index is 0. The molecule has 0 fully saturated rings. The molecule has 13 nitrogen and oxygen atoms in total. The third-order valence-corrected chi connectivity index (χ3v) is 9.25. The van der Waals surface area contributed by atoms with Crippen molar-refractivity contribution >= 4 is 29.7 Å². The molecule has 1 amide bonds. The van der Waals surface area contributed by atoms with Crippen LogP contribution in [0, 0.1) is 0 Å². The summed E-state index contributed by atoms with van der Waals surface area (Å²) in [6.45, 7) is 8.89. The Balaban J connectivity index is -0.000000248. The summed E-state index contributed by atoms with van der Waals surface area (Å²) in [5, 5.41) is 6.69. The first-order valence-corrected chi connectivity index (χ1v) is 20.0. The fraction of sp³-hybridized carbons (Fsp3) is 0.463. The van der Waals surface area contributed by atoms with E-state index in [1.807, 2.05) is 87.5 Å². The summed E-state index contributed by atoms with van der Waals surface area (Å²) in [6.07, 6.45) is 15.2. The van der Waals surface area contributed by atoms with Gasteiger partial charge in [0.15, 0.2) is 0 Å². The number of carbonyl (C=O) groups is 4. The SMILES string of the molecule is C.C.C.C.C.C.C.CC(C)(C)OC(=O)N1CC=CCC1.COC(=O)C(=[N+]=[N-])c1ccccc1.COC(=O)[C@@H](c1ccccc1)[C@@H]1C=CCCN1.COC(=O)[C@H](c1ccccc1)[C@H]1C=CCCN1. The molecule has 376 valence electrons. The lowest BCUT2D eigenvalue weighted by Crippen LogP contribution is -2.39. The summed E-state index contributed by atoms with van der Waals surface area (Å²) in [7, 11) is 4.10. The van der Waals surface area contributed by atoms with E-state index in [0.29, 0.717) is 12.1 Å². The Bertz CT molecular complexity index is 1850. The smallest absolute Gasteiger partial charge is 0.422 e. The number of amides is 1. The molecular weight excluding hydrogens is 847 g/mol. The highest BCUT2D eigenvalue weighted by Gasteiger charge is 2.31. The molecule has 0 bridgehead atoms. The third-order valence-electron chi connectivity index (χ3n) is 9.25. The maximum Gasteiger partial charge on any atom is 0.422 e. The van der Waals surface area contributed by atoms with Crippen molar-refractivity contribution in [1.29, 1.82) is 0 Å². The van der Waals surface area contributed by atoms with E-state index in [2.05, 4.69) is 50.5 Å². The van der Waals surface area contributed by atoms with Crippen LogP contribution in [0.1, 0.15) is 121 Å². The fourth-order valence-electron chi connectivity index (χ4n) is 6.34. The number of nitrogens with zero attached hydrogens (tertiary/aromatic N) is 3. The van der Waals surface area contributed by atoms with Gasteiger partial charge in [-0.15, -0.1) is 0 Å². The van der Waals surface area contributed by atoms with Gasteiger partial charge in [0.1, 0.15) is 17.4 Å². The summed E-state index contributed by atoms with van der Waals surface area (Å²) < 4.78 is 19.5. The minimum atomic E-state index is -0.659. The zero-order valence-electron chi connectivity index (χ0n) is 35.5. The van der Waals surface area contributed by atoms with Gasteiger partial charge in [0, 0.05) is 25.2 Å². The van der Waals surface area contributed by atoms with Crippen LogP contribution in [0.15, 0.2) is 127 Å². The molecule has 3 aliphatic heterocycles. The molecule has 6 rings (SSSR count). The van der Waals surface area contributed by atoms with Crippen molar-refractivity contribution in [3.63, 3.8) is 0 Å². The topological polar surface area (TPSA) is 169 Å².